The fourth-order valence-corrected chi connectivity index (χ4v) is 2.13. The Labute approximate surface area is 115 Å². The Morgan fingerprint density at radius 3 is 1.88 bits per heavy atom. The first-order valence-electron chi connectivity index (χ1n) is 5.71. The Morgan fingerprint density at radius 1 is 0.938 bits per heavy atom. The summed E-state index contributed by atoms with van der Waals surface area (Å²) in [4.78, 5) is 2.46. The fourth-order valence-electron chi connectivity index (χ4n) is 1.63. The third-order valence-corrected chi connectivity index (χ3v) is 3.64. The number of alkyl halides is 2. The molecular weight excluding hydrogens is 330 g/mol. The van der Waals surface area contributed by atoms with Crippen LogP contribution < -0.4 is 4.90 Å². The standard InChI is InChI=1S/C13H19Br2N/c1-12-4-6-13(7-5-12)16(10-2-8-14)11-3-9-15/h4-7H,2-3,8-11H2,1H3. The van der Waals surface area contributed by atoms with E-state index in [1.54, 1.807) is 0 Å². The topological polar surface area (TPSA) is 3.24 Å². The summed E-state index contributed by atoms with van der Waals surface area (Å²) < 4.78 is 0. The summed E-state index contributed by atoms with van der Waals surface area (Å²) in [5, 5.41) is 2.15. The van der Waals surface area contributed by atoms with E-state index in [2.05, 4.69) is 67.9 Å². The van der Waals surface area contributed by atoms with Gasteiger partial charge >= 0.3 is 0 Å². The zero-order valence-corrected chi connectivity index (χ0v) is 12.9. The van der Waals surface area contributed by atoms with Crippen molar-refractivity contribution in [2.75, 3.05) is 28.6 Å². The van der Waals surface area contributed by atoms with Gasteiger partial charge in [0.1, 0.15) is 0 Å². The average molecular weight is 349 g/mol. The molecule has 0 aromatic heterocycles. The van der Waals surface area contributed by atoms with Gasteiger partial charge in [0.25, 0.3) is 0 Å². The van der Waals surface area contributed by atoms with Gasteiger partial charge < -0.3 is 4.90 Å². The Hall–Kier alpha value is -0.0200. The van der Waals surface area contributed by atoms with E-state index >= 15 is 0 Å². The number of nitrogens with zero attached hydrogens (tertiary/aromatic N) is 1. The van der Waals surface area contributed by atoms with E-state index in [0.717, 1.165) is 23.7 Å². The Morgan fingerprint density at radius 2 is 1.44 bits per heavy atom. The van der Waals surface area contributed by atoms with E-state index in [9.17, 15) is 0 Å². The molecular formula is C13H19Br2N. The molecule has 0 aliphatic carbocycles. The lowest BCUT2D eigenvalue weighted by atomic mass is 10.2. The molecule has 0 spiro atoms. The van der Waals surface area contributed by atoms with Crippen LogP contribution in [0.1, 0.15) is 18.4 Å². The Kier molecular flexibility index (Phi) is 7.13. The molecule has 0 fully saturated rings. The van der Waals surface area contributed by atoms with Gasteiger partial charge in [-0.15, -0.1) is 0 Å². The second kappa shape index (κ2) is 8.13. The highest BCUT2D eigenvalue weighted by Gasteiger charge is 2.04. The van der Waals surface area contributed by atoms with E-state index in [-0.39, 0.29) is 0 Å². The molecule has 0 aliphatic rings. The number of hydrogen-bond donors (Lipinski definition) is 0. The molecule has 1 aromatic carbocycles. The normalized spacial score (nSPS) is 10.4. The number of aryl methyl sites for hydroxylation is 1. The molecule has 1 aromatic rings. The lowest BCUT2D eigenvalue weighted by Gasteiger charge is -2.24. The van der Waals surface area contributed by atoms with Crippen molar-refractivity contribution >= 4 is 37.5 Å². The van der Waals surface area contributed by atoms with Crippen LogP contribution in [0, 0.1) is 6.92 Å². The summed E-state index contributed by atoms with van der Waals surface area (Å²) >= 11 is 6.99. The number of hydrogen-bond acceptors (Lipinski definition) is 1. The van der Waals surface area contributed by atoms with Crippen molar-refractivity contribution in [3.8, 4) is 0 Å². The van der Waals surface area contributed by atoms with Crippen molar-refractivity contribution in [1.29, 1.82) is 0 Å². The summed E-state index contributed by atoms with van der Waals surface area (Å²) in [6.07, 6.45) is 2.38. The zero-order chi connectivity index (χ0) is 11.8. The van der Waals surface area contributed by atoms with Crippen LogP contribution in [-0.4, -0.2) is 23.7 Å². The average Bonchev–Trinajstić information content (AvgIpc) is 2.31. The lowest BCUT2D eigenvalue weighted by Crippen LogP contribution is -2.26. The molecule has 0 saturated heterocycles. The molecule has 0 amide bonds. The molecule has 1 nitrogen and oxygen atoms in total. The Balaban J connectivity index is 2.62. The van der Waals surface area contributed by atoms with Gasteiger partial charge in [-0.1, -0.05) is 49.6 Å². The third kappa shape index (κ3) is 4.88. The Bertz CT molecular complexity index is 276. The quantitative estimate of drug-likeness (QED) is 0.661. The first-order chi connectivity index (χ1) is 7.77. The highest BCUT2D eigenvalue weighted by atomic mass is 79.9. The number of anilines is 1. The molecule has 3 heteroatoms. The van der Waals surface area contributed by atoms with Crippen molar-refractivity contribution in [3.05, 3.63) is 29.8 Å². The maximum absolute atomic E-state index is 3.49. The highest BCUT2D eigenvalue weighted by molar-refractivity contribution is 9.09. The van der Waals surface area contributed by atoms with Crippen LogP contribution in [0.4, 0.5) is 5.69 Å². The molecule has 16 heavy (non-hydrogen) atoms. The lowest BCUT2D eigenvalue weighted by molar-refractivity contribution is 0.755. The van der Waals surface area contributed by atoms with Gasteiger partial charge in [-0.3, -0.25) is 0 Å². The molecule has 90 valence electrons. The molecule has 0 saturated carbocycles. The molecule has 0 heterocycles. The maximum atomic E-state index is 3.49. The van der Waals surface area contributed by atoms with Gasteiger partial charge in [-0.25, -0.2) is 0 Å². The van der Waals surface area contributed by atoms with Crippen molar-refractivity contribution in [2.24, 2.45) is 0 Å². The number of rotatable bonds is 7. The van der Waals surface area contributed by atoms with E-state index in [4.69, 9.17) is 0 Å². The number of benzene rings is 1. The first-order valence-corrected chi connectivity index (χ1v) is 7.95. The zero-order valence-electron chi connectivity index (χ0n) is 9.76. The van der Waals surface area contributed by atoms with E-state index in [0.29, 0.717) is 0 Å². The molecule has 0 radical (unpaired) electrons. The van der Waals surface area contributed by atoms with Crippen LogP contribution in [0.3, 0.4) is 0 Å². The minimum atomic E-state index is 1.07. The van der Waals surface area contributed by atoms with Crippen LogP contribution in [0.15, 0.2) is 24.3 Å². The van der Waals surface area contributed by atoms with Crippen molar-refractivity contribution in [2.45, 2.75) is 19.8 Å². The molecule has 0 bridgehead atoms. The molecule has 0 unspecified atom stereocenters. The van der Waals surface area contributed by atoms with E-state index < -0.39 is 0 Å². The van der Waals surface area contributed by atoms with E-state index in [1.165, 1.54) is 24.1 Å². The van der Waals surface area contributed by atoms with Gasteiger partial charge in [0.05, 0.1) is 0 Å². The number of halogens is 2. The third-order valence-electron chi connectivity index (χ3n) is 2.52. The SMILES string of the molecule is Cc1ccc(N(CCCBr)CCCBr)cc1. The summed E-state index contributed by atoms with van der Waals surface area (Å²) in [6.45, 7) is 4.38. The van der Waals surface area contributed by atoms with Crippen LogP contribution in [0.2, 0.25) is 0 Å². The minimum Gasteiger partial charge on any atom is -0.371 e. The van der Waals surface area contributed by atoms with Crippen molar-refractivity contribution in [3.63, 3.8) is 0 Å². The molecule has 0 atom stereocenters. The first kappa shape index (κ1) is 14.0. The summed E-state index contributed by atoms with van der Waals surface area (Å²) in [5.74, 6) is 0. The predicted molar refractivity (Wildman–Crippen MR) is 80.2 cm³/mol. The predicted octanol–water partition coefficient (Wildman–Crippen LogP) is 4.37. The highest BCUT2D eigenvalue weighted by Crippen LogP contribution is 2.16. The second-order valence-electron chi connectivity index (χ2n) is 3.91. The van der Waals surface area contributed by atoms with Crippen LogP contribution in [0.25, 0.3) is 0 Å². The fraction of sp³-hybridized carbons (Fsp3) is 0.538. The second-order valence-corrected chi connectivity index (χ2v) is 5.49. The smallest absolute Gasteiger partial charge is 0.0366 e. The summed E-state index contributed by atoms with van der Waals surface area (Å²) in [5.41, 5.74) is 2.66. The maximum Gasteiger partial charge on any atom is 0.0366 e. The van der Waals surface area contributed by atoms with Crippen molar-refractivity contribution < 1.29 is 0 Å². The van der Waals surface area contributed by atoms with Gasteiger partial charge in [0.15, 0.2) is 0 Å². The van der Waals surface area contributed by atoms with Gasteiger partial charge in [0.2, 0.25) is 0 Å². The summed E-state index contributed by atoms with van der Waals surface area (Å²) in [7, 11) is 0. The molecule has 1 rings (SSSR count). The molecule has 0 aliphatic heterocycles. The van der Waals surface area contributed by atoms with Gasteiger partial charge in [0, 0.05) is 29.4 Å². The molecule has 0 N–H and O–H groups in total. The van der Waals surface area contributed by atoms with Crippen LogP contribution in [0.5, 0.6) is 0 Å². The van der Waals surface area contributed by atoms with Gasteiger partial charge in [-0.05, 0) is 31.9 Å². The van der Waals surface area contributed by atoms with Crippen LogP contribution >= 0.6 is 31.9 Å². The van der Waals surface area contributed by atoms with Crippen molar-refractivity contribution in [1.82, 2.24) is 0 Å². The van der Waals surface area contributed by atoms with E-state index in [1.807, 2.05) is 0 Å². The largest absolute Gasteiger partial charge is 0.371 e. The summed E-state index contributed by atoms with van der Waals surface area (Å²) in [6, 6.07) is 8.81. The monoisotopic (exact) mass is 347 g/mol. The minimum absolute atomic E-state index is 1.07. The van der Waals surface area contributed by atoms with Gasteiger partial charge in [-0.2, -0.15) is 0 Å². The van der Waals surface area contributed by atoms with Crippen LogP contribution in [-0.2, 0) is 0 Å².